The highest BCUT2D eigenvalue weighted by Crippen LogP contribution is 2.31. The van der Waals surface area contributed by atoms with Gasteiger partial charge in [0.15, 0.2) is 0 Å². The summed E-state index contributed by atoms with van der Waals surface area (Å²) < 4.78 is 1.12. The number of aromatic nitrogens is 2. The molecule has 0 saturated heterocycles. The first-order chi connectivity index (χ1) is 15.7. The predicted octanol–water partition coefficient (Wildman–Crippen LogP) is 6.82. The molecular weight excluding hydrogens is 509 g/mol. The SMILES string of the molecule is O=C(Nc1ccc(I)cc1)c1ccc2nc(-c3ccccc3)c(-c3ccccc3)nc2c1. The molecule has 0 unspecified atom stereocenters. The van der Waals surface area contributed by atoms with Gasteiger partial charge in [-0.3, -0.25) is 4.79 Å². The number of nitrogens with zero attached hydrogens (tertiary/aromatic N) is 2. The average molecular weight is 527 g/mol. The van der Waals surface area contributed by atoms with E-state index >= 15 is 0 Å². The molecule has 1 heterocycles. The maximum absolute atomic E-state index is 12.8. The highest BCUT2D eigenvalue weighted by Gasteiger charge is 2.15. The molecule has 0 aliphatic heterocycles. The largest absolute Gasteiger partial charge is 0.322 e. The van der Waals surface area contributed by atoms with Crippen molar-refractivity contribution in [2.75, 3.05) is 5.32 Å². The van der Waals surface area contributed by atoms with Crippen LogP contribution in [0.25, 0.3) is 33.5 Å². The van der Waals surface area contributed by atoms with Gasteiger partial charge < -0.3 is 5.32 Å². The number of benzene rings is 4. The van der Waals surface area contributed by atoms with Gasteiger partial charge in [-0.25, -0.2) is 9.97 Å². The predicted molar refractivity (Wildman–Crippen MR) is 138 cm³/mol. The molecule has 32 heavy (non-hydrogen) atoms. The van der Waals surface area contributed by atoms with Gasteiger partial charge in [0.25, 0.3) is 5.91 Å². The van der Waals surface area contributed by atoms with E-state index in [0.717, 1.165) is 37.3 Å². The molecule has 0 saturated carbocycles. The van der Waals surface area contributed by atoms with Crippen LogP contribution in [0.15, 0.2) is 103 Å². The van der Waals surface area contributed by atoms with E-state index in [1.165, 1.54) is 0 Å². The van der Waals surface area contributed by atoms with Gasteiger partial charge in [0.2, 0.25) is 0 Å². The second-order valence-corrected chi connectivity index (χ2v) is 8.56. The molecule has 1 amide bonds. The Morgan fingerprint density at radius 2 is 1.22 bits per heavy atom. The van der Waals surface area contributed by atoms with Crippen LogP contribution in [0, 0.1) is 3.57 Å². The van der Waals surface area contributed by atoms with Crippen molar-refractivity contribution in [3.8, 4) is 22.5 Å². The minimum absolute atomic E-state index is 0.177. The van der Waals surface area contributed by atoms with E-state index in [9.17, 15) is 4.79 Å². The summed E-state index contributed by atoms with van der Waals surface area (Å²) in [6, 6.07) is 33.2. The lowest BCUT2D eigenvalue weighted by molar-refractivity contribution is 0.102. The second kappa shape index (κ2) is 8.88. The third kappa shape index (κ3) is 4.24. The number of nitrogens with one attached hydrogen (secondary N) is 1. The van der Waals surface area contributed by atoms with Gasteiger partial charge in [-0.2, -0.15) is 0 Å². The number of amides is 1. The van der Waals surface area contributed by atoms with Crippen LogP contribution in [-0.2, 0) is 0 Å². The minimum atomic E-state index is -0.177. The Kier molecular flexibility index (Phi) is 5.64. The number of rotatable bonds is 4. The fourth-order valence-electron chi connectivity index (χ4n) is 3.53. The van der Waals surface area contributed by atoms with Gasteiger partial charge >= 0.3 is 0 Å². The van der Waals surface area contributed by atoms with Crippen molar-refractivity contribution in [1.29, 1.82) is 0 Å². The fourth-order valence-corrected chi connectivity index (χ4v) is 3.89. The van der Waals surface area contributed by atoms with E-state index in [4.69, 9.17) is 9.97 Å². The van der Waals surface area contributed by atoms with Crippen LogP contribution in [0.1, 0.15) is 10.4 Å². The molecule has 0 atom stereocenters. The van der Waals surface area contributed by atoms with Gasteiger partial charge in [0.05, 0.1) is 22.4 Å². The number of hydrogen-bond donors (Lipinski definition) is 1. The summed E-state index contributed by atoms with van der Waals surface area (Å²) >= 11 is 2.24. The van der Waals surface area contributed by atoms with Gasteiger partial charge in [0, 0.05) is 25.9 Å². The van der Waals surface area contributed by atoms with Gasteiger partial charge in [0.1, 0.15) is 0 Å². The molecule has 4 nitrogen and oxygen atoms in total. The molecule has 5 aromatic rings. The van der Waals surface area contributed by atoms with Crippen LogP contribution in [0.4, 0.5) is 5.69 Å². The van der Waals surface area contributed by atoms with Crippen molar-refractivity contribution >= 4 is 45.2 Å². The van der Waals surface area contributed by atoms with Crippen LogP contribution in [0.5, 0.6) is 0 Å². The fraction of sp³-hybridized carbons (Fsp3) is 0. The summed E-state index contributed by atoms with van der Waals surface area (Å²) in [7, 11) is 0. The molecule has 1 N–H and O–H groups in total. The molecule has 0 aliphatic rings. The highest BCUT2D eigenvalue weighted by atomic mass is 127. The van der Waals surface area contributed by atoms with Crippen LogP contribution < -0.4 is 5.32 Å². The van der Waals surface area contributed by atoms with Gasteiger partial charge in [-0.15, -0.1) is 0 Å². The zero-order chi connectivity index (χ0) is 21.9. The molecule has 4 aromatic carbocycles. The third-order valence-electron chi connectivity index (χ3n) is 5.12. The first-order valence-corrected chi connectivity index (χ1v) is 11.2. The highest BCUT2D eigenvalue weighted by molar-refractivity contribution is 14.1. The topological polar surface area (TPSA) is 54.9 Å². The number of carbonyl (C=O) groups is 1. The molecule has 5 rings (SSSR count). The second-order valence-electron chi connectivity index (χ2n) is 7.32. The molecule has 5 heteroatoms. The van der Waals surface area contributed by atoms with Crippen LogP contribution in [0.3, 0.4) is 0 Å². The molecule has 0 radical (unpaired) electrons. The molecule has 0 aliphatic carbocycles. The first kappa shape index (κ1) is 20.3. The molecular formula is C27H18IN3O. The minimum Gasteiger partial charge on any atom is -0.322 e. The van der Waals surface area contributed by atoms with E-state index in [1.54, 1.807) is 12.1 Å². The van der Waals surface area contributed by atoms with Gasteiger partial charge in [-0.1, -0.05) is 60.7 Å². The average Bonchev–Trinajstić information content (AvgIpc) is 2.85. The Morgan fingerprint density at radius 3 is 1.81 bits per heavy atom. The summed E-state index contributed by atoms with van der Waals surface area (Å²) in [5.74, 6) is -0.177. The number of hydrogen-bond acceptors (Lipinski definition) is 3. The van der Waals surface area contributed by atoms with Crippen LogP contribution in [-0.4, -0.2) is 15.9 Å². The molecule has 0 fully saturated rings. The number of fused-ring (bicyclic) bond motifs is 1. The van der Waals surface area contributed by atoms with Crippen molar-refractivity contribution < 1.29 is 4.79 Å². The Morgan fingerprint density at radius 1 is 0.656 bits per heavy atom. The lowest BCUT2D eigenvalue weighted by Gasteiger charge is -2.11. The lowest BCUT2D eigenvalue weighted by Crippen LogP contribution is -2.12. The molecule has 0 spiro atoms. The summed E-state index contributed by atoms with van der Waals surface area (Å²) in [5.41, 5.74) is 6.31. The quantitative estimate of drug-likeness (QED) is 0.261. The third-order valence-corrected chi connectivity index (χ3v) is 5.84. The zero-order valence-electron chi connectivity index (χ0n) is 17.0. The standard InChI is InChI=1S/C27H18IN3O/c28-21-12-14-22(15-13-21)29-27(32)20-11-16-23-24(17-20)31-26(19-9-5-2-6-10-19)25(30-23)18-7-3-1-4-8-18/h1-17H,(H,29,32). The van der Waals surface area contributed by atoms with Crippen molar-refractivity contribution in [2.45, 2.75) is 0 Å². The van der Waals surface area contributed by atoms with Gasteiger partial charge in [-0.05, 0) is 65.1 Å². The lowest BCUT2D eigenvalue weighted by atomic mass is 10.0. The number of anilines is 1. The normalized spacial score (nSPS) is 10.8. The van der Waals surface area contributed by atoms with Crippen LogP contribution >= 0.6 is 22.6 Å². The van der Waals surface area contributed by atoms with E-state index in [0.29, 0.717) is 11.1 Å². The van der Waals surface area contributed by atoms with E-state index < -0.39 is 0 Å². The van der Waals surface area contributed by atoms with E-state index in [2.05, 4.69) is 27.9 Å². The van der Waals surface area contributed by atoms with Crippen molar-refractivity contribution in [2.24, 2.45) is 0 Å². The van der Waals surface area contributed by atoms with Crippen molar-refractivity contribution in [3.63, 3.8) is 0 Å². The Labute approximate surface area is 199 Å². The summed E-state index contributed by atoms with van der Waals surface area (Å²) in [6.07, 6.45) is 0. The Bertz CT molecular complexity index is 1400. The summed E-state index contributed by atoms with van der Waals surface area (Å²) in [5, 5.41) is 2.94. The summed E-state index contributed by atoms with van der Waals surface area (Å²) in [4.78, 5) is 22.7. The Balaban J connectivity index is 1.59. The van der Waals surface area contributed by atoms with E-state index in [1.807, 2.05) is 91.0 Å². The van der Waals surface area contributed by atoms with Crippen LogP contribution in [0.2, 0.25) is 0 Å². The number of carbonyl (C=O) groups excluding carboxylic acids is 1. The molecule has 0 bridgehead atoms. The van der Waals surface area contributed by atoms with E-state index in [-0.39, 0.29) is 5.91 Å². The Hall–Kier alpha value is -3.58. The van der Waals surface area contributed by atoms with Crippen molar-refractivity contribution in [1.82, 2.24) is 9.97 Å². The maximum Gasteiger partial charge on any atom is 0.255 e. The molecule has 1 aromatic heterocycles. The summed E-state index contributed by atoms with van der Waals surface area (Å²) in [6.45, 7) is 0. The van der Waals surface area contributed by atoms with Crippen molar-refractivity contribution in [3.05, 3.63) is 112 Å². The first-order valence-electron chi connectivity index (χ1n) is 10.2. The molecule has 154 valence electrons. The number of halogens is 1. The maximum atomic E-state index is 12.8. The smallest absolute Gasteiger partial charge is 0.255 e. The monoisotopic (exact) mass is 527 g/mol. The zero-order valence-corrected chi connectivity index (χ0v) is 19.2.